The van der Waals surface area contributed by atoms with Crippen LogP contribution in [0.25, 0.3) is 21.8 Å². The maximum absolute atomic E-state index is 4.59. The van der Waals surface area contributed by atoms with E-state index in [1.165, 1.54) is 0 Å². The number of nitrogens with zero attached hydrogens (tertiary/aromatic N) is 2. The van der Waals surface area contributed by atoms with Crippen molar-refractivity contribution < 1.29 is 0 Å². The summed E-state index contributed by atoms with van der Waals surface area (Å²) in [6, 6.07) is 32.0. The third kappa shape index (κ3) is 3.90. The van der Waals surface area contributed by atoms with Gasteiger partial charge in [0, 0.05) is 21.9 Å². The molecule has 0 saturated carbocycles. The second-order valence-corrected chi connectivity index (χ2v) is 6.86. The van der Waals surface area contributed by atoms with Crippen LogP contribution in [0.15, 0.2) is 97.1 Å². The Morgan fingerprint density at radius 3 is 1.30 bits per heavy atom. The second kappa shape index (κ2) is 7.92. The number of pyridine rings is 2. The molecule has 0 atom stereocenters. The van der Waals surface area contributed by atoms with Gasteiger partial charge in [-0.2, -0.15) is 0 Å². The maximum atomic E-state index is 4.59. The molecule has 3 aromatic carbocycles. The second-order valence-electron chi connectivity index (χ2n) is 6.86. The van der Waals surface area contributed by atoms with Gasteiger partial charge in [-0.25, -0.2) is 9.97 Å². The summed E-state index contributed by atoms with van der Waals surface area (Å²) < 4.78 is 0. The Kier molecular flexibility index (Phi) is 4.67. The number of rotatable bonds is 0. The van der Waals surface area contributed by atoms with Crippen molar-refractivity contribution in [2.24, 2.45) is 0 Å². The molecule has 0 spiro atoms. The molecule has 0 radical (unpaired) electrons. The molecule has 30 heavy (non-hydrogen) atoms. The van der Waals surface area contributed by atoms with Crippen LogP contribution in [0.5, 0.6) is 0 Å². The van der Waals surface area contributed by atoms with E-state index in [1.807, 2.05) is 97.1 Å². The largest absolute Gasteiger partial charge is 0.239 e. The normalized spacial score (nSPS) is 10.1. The highest BCUT2D eigenvalue weighted by Gasteiger charge is 1.96. The first-order valence-corrected chi connectivity index (χ1v) is 9.69. The predicted octanol–water partition coefficient (Wildman–Crippen LogP) is 5.58. The standard InChI is InChI=1S/C28H16N2/c1-3-7-27-23(5-1)15-19-25(29-27)17-13-21-9-11-22(12-10-21)14-18-26-20-16-24-6-2-4-8-28(24)30-26/h1-12,15-16,19-20H. The summed E-state index contributed by atoms with van der Waals surface area (Å²) in [6.07, 6.45) is 0. The Morgan fingerprint density at radius 1 is 0.400 bits per heavy atom. The molecule has 0 N–H and O–H groups in total. The first-order chi connectivity index (χ1) is 14.8. The van der Waals surface area contributed by atoms with Gasteiger partial charge < -0.3 is 0 Å². The molecule has 2 nitrogen and oxygen atoms in total. The minimum absolute atomic E-state index is 0.764. The summed E-state index contributed by atoms with van der Waals surface area (Å²) >= 11 is 0. The van der Waals surface area contributed by atoms with Gasteiger partial charge in [-0.15, -0.1) is 0 Å². The molecule has 2 aromatic heterocycles. The van der Waals surface area contributed by atoms with Crippen molar-refractivity contribution in [3.05, 3.63) is 120 Å². The Morgan fingerprint density at radius 2 is 0.833 bits per heavy atom. The van der Waals surface area contributed by atoms with Gasteiger partial charge >= 0.3 is 0 Å². The summed E-state index contributed by atoms with van der Waals surface area (Å²) in [7, 11) is 0. The Bertz CT molecular complexity index is 1370. The van der Waals surface area contributed by atoms with Gasteiger partial charge in [-0.1, -0.05) is 60.4 Å². The van der Waals surface area contributed by atoms with E-state index in [9.17, 15) is 0 Å². The average molecular weight is 380 g/mol. The maximum Gasteiger partial charge on any atom is 0.114 e. The van der Waals surface area contributed by atoms with Gasteiger partial charge in [0.2, 0.25) is 0 Å². The summed E-state index contributed by atoms with van der Waals surface area (Å²) in [4.78, 5) is 9.18. The van der Waals surface area contributed by atoms with Crippen molar-refractivity contribution in [2.75, 3.05) is 0 Å². The molecule has 0 aliphatic heterocycles. The quantitative estimate of drug-likeness (QED) is 0.328. The van der Waals surface area contributed by atoms with Crippen molar-refractivity contribution in [1.82, 2.24) is 9.97 Å². The molecule has 0 amide bonds. The number of para-hydroxylation sites is 2. The van der Waals surface area contributed by atoms with E-state index in [4.69, 9.17) is 0 Å². The third-order valence-electron chi connectivity index (χ3n) is 4.75. The highest BCUT2D eigenvalue weighted by Crippen LogP contribution is 2.12. The van der Waals surface area contributed by atoms with E-state index in [-0.39, 0.29) is 0 Å². The van der Waals surface area contributed by atoms with Gasteiger partial charge in [-0.3, -0.25) is 0 Å². The molecule has 138 valence electrons. The number of hydrogen-bond acceptors (Lipinski definition) is 2. The van der Waals surface area contributed by atoms with E-state index >= 15 is 0 Å². The molecule has 0 aliphatic carbocycles. The highest BCUT2D eigenvalue weighted by molar-refractivity contribution is 5.79. The van der Waals surface area contributed by atoms with Gasteiger partial charge in [0.15, 0.2) is 0 Å². The van der Waals surface area contributed by atoms with Gasteiger partial charge in [0.25, 0.3) is 0 Å². The fourth-order valence-corrected chi connectivity index (χ4v) is 3.18. The van der Waals surface area contributed by atoms with Crippen molar-refractivity contribution in [3.63, 3.8) is 0 Å². The first-order valence-electron chi connectivity index (χ1n) is 9.69. The zero-order valence-electron chi connectivity index (χ0n) is 16.1. The van der Waals surface area contributed by atoms with Crippen LogP contribution in [0.4, 0.5) is 0 Å². The van der Waals surface area contributed by atoms with E-state index < -0.39 is 0 Å². The van der Waals surface area contributed by atoms with Crippen LogP contribution in [0.2, 0.25) is 0 Å². The summed E-state index contributed by atoms with van der Waals surface area (Å²) in [5, 5.41) is 2.23. The SMILES string of the molecule is C(#Cc1ccc2ccccc2n1)c1ccc(C#Cc2ccc3ccccc3n2)cc1. The van der Waals surface area contributed by atoms with Crippen LogP contribution >= 0.6 is 0 Å². The topological polar surface area (TPSA) is 25.8 Å². The zero-order valence-corrected chi connectivity index (χ0v) is 16.1. The molecule has 0 saturated heterocycles. The smallest absolute Gasteiger partial charge is 0.114 e. The molecule has 0 aliphatic rings. The monoisotopic (exact) mass is 380 g/mol. The van der Waals surface area contributed by atoms with E-state index in [0.717, 1.165) is 44.3 Å². The fourth-order valence-electron chi connectivity index (χ4n) is 3.18. The lowest BCUT2D eigenvalue weighted by atomic mass is 10.1. The molecule has 2 heteroatoms. The number of hydrogen-bond donors (Lipinski definition) is 0. The van der Waals surface area contributed by atoms with Crippen LogP contribution in [0.1, 0.15) is 22.5 Å². The van der Waals surface area contributed by atoms with Crippen LogP contribution in [-0.2, 0) is 0 Å². The fraction of sp³-hybridized carbons (Fsp3) is 0. The zero-order chi connectivity index (χ0) is 20.2. The summed E-state index contributed by atoms with van der Waals surface area (Å²) in [5.41, 5.74) is 5.30. The summed E-state index contributed by atoms with van der Waals surface area (Å²) in [6.45, 7) is 0. The Balaban J connectivity index is 1.34. The number of benzene rings is 3. The van der Waals surface area contributed by atoms with E-state index in [2.05, 4.69) is 33.6 Å². The molecular weight excluding hydrogens is 364 g/mol. The van der Waals surface area contributed by atoms with Crippen LogP contribution < -0.4 is 0 Å². The molecule has 0 fully saturated rings. The lowest BCUT2D eigenvalue weighted by Crippen LogP contribution is -1.85. The molecule has 5 aromatic rings. The molecule has 0 bridgehead atoms. The van der Waals surface area contributed by atoms with Crippen molar-refractivity contribution in [2.45, 2.75) is 0 Å². The summed E-state index contributed by atoms with van der Waals surface area (Å²) in [5.74, 6) is 12.6. The lowest BCUT2D eigenvalue weighted by Gasteiger charge is -1.97. The highest BCUT2D eigenvalue weighted by atomic mass is 14.7. The third-order valence-corrected chi connectivity index (χ3v) is 4.75. The number of fused-ring (bicyclic) bond motifs is 2. The average Bonchev–Trinajstić information content (AvgIpc) is 2.82. The van der Waals surface area contributed by atoms with Gasteiger partial charge in [0.05, 0.1) is 11.0 Å². The Labute approximate surface area is 175 Å². The molecule has 5 rings (SSSR count). The van der Waals surface area contributed by atoms with Crippen LogP contribution in [0.3, 0.4) is 0 Å². The predicted molar refractivity (Wildman–Crippen MR) is 122 cm³/mol. The van der Waals surface area contributed by atoms with Gasteiger partial charge in [0.1, 0.15) is 11.4 Å². The number of aromatic nitrogens is 2. The Hall–Kier alpha value is -4.40. The van der Waals surface area contributed by atoms with Crippen molar-refractivity contribution in [1.29, 1.82) is 0 Å². The van der Waals surface area contributed by atoms with E-state index in [0.29, 0.717) is 0 Å². The first kappa shape index (κ1) is 17.7. The minimum Gasteiger partial charge on any atom is -0.239 e. The van der Waals surface area contributed by atoms with Crippen LogP contribution in [-0.4, -0.2) is 9.97 Å². The minimum atomic E-state index is 0.764. The molecule has 2 heterocycles. The van der Waals surface area contributed by atoms with Crippen molar-refractivity contribution >= 4 is 21.8 Å². The van der Waals surface area contributed by atoms with Crippen LogP contribution in [0, 0.1) is 23.7 Å². The van der Waals surface area contributed by atoms with E-state index in [1.54, 1.807) is 0 Å². The molecule has 0 unspecified atom stereocenters. The van der Waals surface area contributed by atoms with Crippen molar-refractivity contribution in [3.8, 4) is 23.7 Å². The molecular formula is C28H16N2. The lowest BCUT2D eigenvalue weighted by molar-refractivity contribution is 1.36. The van der Waals surface area contributed by atoms with Gasteiger partial charge in [-0.05, 0) is 60.4 Å².